The van der Waals surface area contributed by atoms with Crippen molar-refractivity contribution in [2.24, 2.45) is 13.0 Å². The molecule has 1 N–H and O–H groups in total. The van der Waals surface area contributed by atoms with Crippen LogP contribution in [-0.4, -0.2) is 39.7 Å². The number of benzene rings is 1. The van der Waals surface area contributed by atoms with E-state index in [0.29, 0.717) is 24.8 Å². The summed E-state index contributed by atoms with van der Waals surface area (Å²) in [5.41, 5.74) is 2.68. The van der Waals surface area contributed by atoms with E-state index in [9.17, 15) is 9.59 Å². The van der Waals surface area contributed by atoms with Crippen molar-refractivity contribution in [1.29, 1.82) is 0 Å². The number of aryl methyl sites for hydroxylation is 2. The van der Waals surface area contributed by atoms with Crippen molar-refractivity contribution in [1.82, 2.24) is 20.1 Å². The van der Waals surface area contributed by atoms with Crippen molar-refractivity contribution in [2.45, 2.75) is 26.8 Å². The Morgan fingerprint density at radius 2 is 2.24 bits per heavy atom. The Bertz CT molecular complexity index is 1070. The van der Waals surface area contributed by atoms with E-state index in [1.807, 2.05) is 45.3 Å². The van der Waals surface area contributed by atoms with Gasteiger partial charge in [0.1, 0.15) is 5.75 Å². The van der Waals surface area contributed by atoms with Crippen LogP contribution in [0.5, 0.6) is 5.75 Å². The van der Waals surface area contributed by atoms with Gasteiger partial charge >= 0.3 is 0 Å². The number of carbonyl (C=O) groups excluding carboxylic acids is 2. The number of ether oxygens (including phenoxy) is 1. The molecule has 29 heavy (non-hydrogen) atoms. The topological polar surface area (TPSA) is 89.3 Å². The van der Waals surface area contributed by atoms with E-state index in [1.54, 1.807) is 9.58 Å². The lowest BCUT2D eigenvalue weighted by atomic mass is 10.1. The van der Waals surface area contributed by atoms with Crippen molar-refractivity contribution in [2.75, 3.05) is 18.1 Å². The Balaban J connectivity index is 1.44. The highest BCUT2D eigenvalue weighted by atomic mass is 32.1. The minimum Gasteiger partial charge on any atom is -0.494 e. The van der Waals surface area contributed by atoms with Gasteiger partial charge in [-0.05, 0) is 32.0 Å². The quantitative estimate of drug-likeness (QED) is 0.670. The average Bonchev–Trinajstić information content (AvgIpc) is 3.36. The molecule has 3 aromatic rings. The molecule has 0 radical (unpaired) electrons. The number of anilines is 1. The van der Waals surface area contributed by atoms with Crippen LogP contribution in [0.15, 0.2) is 24.4 Å². The summed E-state index contributed by atoms with van der Waals surface area (Å²) in [6, 6.07) is 5.69. The van der Waals surface area contributed by atoms with Gasteiger partial charge in [-0.1, -0.05) is 11.3 Å². The van der Waals surface area contributed by atoms with Crippen molar-refractivity contribution in [3.05, 3.63) is 35.7 Å². The summed E-state index contributed by atoms with van der Waals surface area (Å²) in [7, 11) is 1.85. The molecular weight excluding hydrogens is 390 g/mol. The number of hydrogen-bond donors (Lipinski definition) is 1. The van der Waals surface area contributed by atoms with Gasteiger partial charge in [0.25, 0.3) is 0 Å². The Hall–Kier alpha value is -2.94. The lowest BCUT2D eigenvalue weighted by molar-refractivity contribution is -0.126. The second-order valence-corrected chi connectivity index (χ2v) is 8.10. The van der Waals surface area contributed by atoms with E-state index >= 15 is 0 Å². The molecule has 0 bridgehead atoms. The van der Waals surface area contributed by atoms with Crippen LogP contribution < -0.4 is 15.0 Å². The van der Waals surface area contributed by atoms with Gasteiger partial charge in [0, 0.05) is 38.3 Å². The molecule has 1 atom stereocenters. The standard InChI is InChI=1S/C20H23N5O3S/c1-4-28-15-5-6-16-17(8-15)29-20(22-16)25-11-13(7-18(25)26)19(27)21-9-14-10-24(3)23-12(14)2/h5-6,8,10,13H,4,7,9,11H2,1-3H3,(H,21,27). The number of amides is 2. The number of aromatic nitrogens is 3. The Morgan fingerprint density at radius 3 is 2.97 bits per heavy atom. The van der Waals surface area contributed by atoms with Crippen LogP contribution in [0.2, 0.25) is 0 Å². The van der Waals surface area contributed by atoms with Crippen molar-refractivity contribution < 1.29 is 14.3 Å². The van der Waals surface area contributed by atoms with Crippen molar-refractivity contribution in [3.8, 4) is 5.75 Å². The fourth-order valence-corrected chi connectivity index (χ4v) is 4.50. The predicted molar refractivity (Wildman–Crippen MR) is 111 cm³/mol. The number of rotatable bonds is 6. The predicted octanol–water partition coefficient (Wildman–Crippen LogP) is 2.41. The van der Waals surface area contributed by atoms with Crippen LogP contribution in [0, 0.1) is 12.8 Å². The molecule has 1 unspecified atom stereocenters. The SMILES string of the molecule is CCOc1ccc2nc(N3CC(C(=O)NCc4cn(C)nc4C)CC3=O)sc2c1. The maximum atomic E-state index is 12.6. The summed E-state index contributed by atoms with van der Waals surface area (Å²) in [4.78, 5) is 31.3. The summed E-state index contributed by atoms with van der Waals surface area (Å²) >= 11 is 1.44. The van der Waals surface area contributed by atoms with E-state index in [-0.39, 0.29) is 24.2 Å². The number of nitrogens with one attached hydrogen (secondary N) is 1. The number of thiazole rings is 1. The van der Waals surface area contributed by atoms with E-state index in [4.69, 9.17) is 4.74 Å². The summed E-state index contributed by atoms with van der Waals surface area (Å²) < 4.78 is 8.21. The first-order valence-electron chi connectivity index (χ1n) is 9.55. The average molecular weight is 414 g/mol. The molecule has 1 aliphatic rings. The molecule has 1 fully saturated rings. The third-order valence-electron chi connectivity index (χ3n) is 4.95. The van der Waals surface area contributed by atoms with Gasteiger partial charge in [-0.2, -0.15) is 5.10 Å². The van der Waals surface area contributed by atoms with Crippen molar-refractivity contribution in [3.63, 3.8) is 0 Å². The van der Waals surface area contributed by atoms with Crippen LogP contribution in [0.3, 0.4) is 0 Å². The maximum Gasteiger partial charge on any atom is 0.229 e. The largest absolute Gasteiger partial charge is 0.494 e. The first-order chi connectivity index (χ1) is 13.9. The fraction of sp³-hybridized carbons (Fsp3) is 0.400. The molecule has 2 amide bonds. The van der Waals surface area contributed by atoms with Gasteiger partial charge < -0.3 is 10.1 Å². The van der Waals surface area contributed by atoms with Gasteiger partial charge in [-0.25, -0.2) is 4.98 Å². The summed E-state index contributed by atoms with van der Waals surface area (Å²) in [6.07, 6.45) is 2.08. The molecule has 9 heteroatoms. The van der Waals surface area contributed by atoms with E-state index in [0.717, 1.165) is 27.2 Å². The zero-order valence-corrected chi connectivity index (χ0v) is 17.5. The highest BCUT2D eigenvalue weighted by molar-refractivity contribution is 7.22. The van der Waals surface area contributed by atoms with E-state index in [1.165, 1.54) is 11.3 Å². The van der Waals surface area contributed by atoms with Gasteiger partial charge in [0.2, 0.25) is 11.8 Å². The first-order valence-corrected chi connectivity index (χ1v) is 10.4. The number of fused-ring (bicyclic) bond motifs is 1. The molecule has 1 aromatic carbocycles. The molecule has 1 saturated heterocycles. The van der Waals surface area contributed by atoms with Crippen LogP contribution in [0.1, 0.15) is 24.6 Å². The Morgan fingerprint density at radius 1 is 1.41 bits per heavy atom. The lowest BCUT2D eigenvalue weighted by Gasteiger charge is -2.13. The van der Waals surface area contributed by atoms with Crippen LogP contribution in [0.25, 0.3) is 10.2 Å². The summed E-state index contributed by atoms with van der Waals surface area (Å²) in [6.45, 7) is 5.19. The second kappa shape index (κ2) is 7.82. The zero-order valence-electron chi connectivity index (χ0n) is 16.6. The molecule has 8 nitrogen and oxygen atoms in total. The Labute approximate surface area is 172 Å². The third kappa shape index (κ3) is 3.95. The molecule has 152 valence electrons. The molecule has 0 aliphatic carbocycles. The molecule has 2 aromatic heterocycles. The zero-order chi connectivity index (χ0) is 20.5. The third-order valence-corrected chi connectivity index (χ3v) is 6.00. The normalized spacial score (nSPS) is 16.6. The highest BCUT2D eigenvalue weighted by Gasteiger charge is 2.36. The second-order valence-electron chi connectivity index (χ2n) is 7.10. The summed E-state index contributed by atoms with van der Waals surface area (Å²) in [5, 5.41) is 7.83. The first kappa shape index (κ1) is 19.4. The molecular formula is C20H23N5O3S. The monoisotopic (exact) mass is 413 g/mol. The molecule has 0 saturated carbocycles. The van der Waals surface area contributed by atoms with E-state index < -0.39 is 0 Å². The van der Waals surface area contributed by atoms with Gasteiger partial charge in [0.15, 0.2) is 5.13 Å². The lowest BCUT2D eigenvalue weighted by Crippen LogP contribution is -2.32. The Kier molecular flexibility index (Phi) is 5.23. The van der Waals surface area contributed by atoms with Gasteiger partial charge in [-0.15, -0.1) is 0 Å². The van der Waals surface area contributed by atoms with Crippen LogP contribution in [-0.2, 0) is 23.2 Å². The fourth-order valence-electron chi connectivity index (χ4n) is 3.48. The number of hydrogen-bond acceptors (Lipinski definition) is 6. The molecule has 1 aliphatic heterocycles. The van der Waals surface area contributed by atoms with Gasteiger partial charge in [0.05, 0.1) is 28.4 Å². The van der Waals surface area contributed by atoms with Gasteiger partial charge in [-0.3, -0.25) is 19.2 Å². The minimum absolute atomic E-state index is 0.0770. The smallest absolute Gasteiger partial charge is 0.229 e. The van der Waals surface area contributed by atoms with Crippen LogP contribution in [0.4, 0.5) is 5.13 Å². The minimum atomic E-state index is -0.384. The molecule has 4 rings (SSSR count). The number of carbonyl (C=O) groups is 2. The molecule has 0 spiro atoms. The molecule has 3 heterocycles. The van der Waals surface area contributed by atoms with Crippen LogP contribution >= 0.6 is 11.3 Å². The highest BCUT2D eigenvalue weighted by Crippen LogP contribution is 2.34. The summed E-state index contributed by atoms with van der Waals surface area (Å²) in [5.74, 6) is 0.201. The van der Waals surface area contributed by atoms with Crippen molar-refractivity contribution >= 4 is 38.5 Å². The van der Waals surface area contributed by atoms with E-state index in [2.05, 4.69) is 15.4 Å². The number of nitrogens with zero attached hydrogens (tertiary/aromatic N) is 4. The maximum absolute atomic E-state index is 12.6.